The van der Waals surface area contributed by atoms with Crippen molar-refractivity contribution in [1.82, 2.24) is 15.2 Å². The summed E-state index contributed by atoms with van der Waals surface area (Å²) in [7, 11) is 1.43. The van der Waals surface area contributed by atoms with Gasteiger partial charge in [0.1, 0.15) is 5.56 Å². The summed E-state index contributed by atoms with van der Waals surface area (Å²) in [5.74, 6) is -0.951. The minimum Gasteiger partial charge on any atom is -0.393 e. The maximum absolute atomic E-state index is 12.6. The molecule has 2 rings (SSSR count). The number of pyridine rings is 1. The van der Waals surface area contributed by atoms with E-state index >= 15 is 0 Å². The van der Waals surface area contributed by atoms with E-state index in [4.69, 9.17) is 0 Å². The van der Waals surface area contributed by atoms with Crippen LogP contribution in [0.3, 0.4) is 0 Å². The number of amides is 2. The van der Waals surface area contributed by atoms with Gasteiger partial charge in [0, 0.05) is 19.8 Å². The second-order valence-electron chi connectivity index (χ2n) is 6.03. The van der Waals surface area contributed by atoms with Crippen LogP contribution in [-0.4, -0.2) is 41.2 Å². The lowest BCUT2D eigenvalue weighted by atomic mass is 10.1. The van der Waals surface area contributed by atoms with Gasteiger partial charge in [0.15, 0.2) is 0 Å². The fraction of sp³-hybridized carbons (Fsp3) is 0.316. The number of benzene rings is 1. The fourth-order valence-electron chi connectivity index (χ4n) is 2.45. The maximum Gasteiger partial charge on any atom is 0.263 e. The number of rotatable bonds is 7. The lowest BCUT2D eigenvalue weighted by molar-refractivity contribution is 0.0944. The molecule has 1 aromatic heterocycles. The van der Waals surface area contributed by atoms with Gasteiger partial charge in [-0.25, -0.2) is 0 Å². The Morgan fingerprint density at radius 3 is 2.50 bits per heavy atom. The van der Waals surface area contributed by atoms with E-state index in [1.54, 1.807) is 6.92 Å². The molecule has 0 saturated heterocycles. The highest BCUT2D eigenvalue weighted by Crippen LogP contribution is 2.06. The van der Waals surface area contributed by atoms with Crippen LogP contribution >= 0.6 is 0 Å². The molecule has 0 aliphatic heterocycles. The van der Waals surface area contributed by atoms with Crippen molar-refractivity contribution in [2.45, 2.75) is 26.0 Å². The average molecular weight is 357 g/mol. The summed E-state index contributed by atoms with van der Waals surface area (Å²) in [5, 5.41) is 14.4. The number of nitrogens with zero attached hydrogens (tertiary/aromatic N) is 1. The first-order valence-electron chi connectivity index (χ1n) is 8.39. The molecule has 138 valence electrons. The highest BCUT2D eigenvalue weighted by molar-refractivity contribution is 5.99. The first kappa shape index (κ1) is 19.4. The molecule has 0 saturated carbocycles. The summed E-state index contributed by atoms with van der Waals surface area (Å²) in [6, 6.07) is 10.6. The van der Waals surface area contributed by atoms with Gasteiger partial charge in [-0.2, -0.15) is 0 Å². The van der Waals surface area contributed by atoms with E-state index in [9.17, 15) is 19.5 Å². The van der Waals surface area contributed by atoms with Crippen LogP contribution in [0.2, 0.25) is 0 Å². The van der Waals surface area contributed by atoms with Crippen molar-refractivity contribution in [2.24, 2.45) is 0 Å². The van der Waals surface area contributed by atoms with E-state index in [2.05, 4.69) is 10.6 Å². The Hall–Kier alpha value is -2.93. The zero-order chi connectivity index (χ0) is 19.1. The number of hydrogen-bond donors (Lipinski definition) is 3. The Bertz CT molecular complexity index is 828. The monoisotopic (exact) mass is 357 g/mol. The van der Waals surface area contributed by atoms with Crippen LogP contribution < -0.4 is 16.2 Å². The maximum atomic E-state index is 12.6. The molecule has 1 atom stereocenters. The lowest BCUT2D eigenvalue weighted by Crippen LogP contribution is -2.34. The van der Waals surface area contributed by atoms with Crippen LogP contribution in [0, 0.1) is 0 Å². The van der Waals surface area contributed by atoms with E-state index < -0.39 is 23.5 Å². The van der Waals surface area contributed by atoms with Crippen LogP contribution in [0.5, 0.6) is 0 Å². The molecule has 3 N–H and O–H groups in total. The molecule has 0 bridgehead atoms. The first-order valence-corrected chi connectivity index (χ1v) is 8.39. The van der Waals surface area contributed by atoms with Gasteiger partial charge in [0.25, 0.3) is 17.4 Å². The van der Waals surface area contributed by atoms with E-state index in [-0.39, 0.29) is 17.7 Å². The third-order valence-electron chi connectivity index (χ3n) is 3.86. The third-order valence-corrected chi connectivity index (χ3v) is 3.86. The molecular formula is C19H23N3O4. The standard InChI is InChI=1S/C19H23N3O4/c1-13(23)8-9-21-17(24)15-10-16(18(25)20-2)19(26)22(12-15)11-14-6-4-3-5-7-14/h3-7,10,12-13,23H,8-9,11H2,1-2H3,(H,20,25)(H,21,24). The Morgan fingerprint density at radius 2 is 1.88 bits per heavy atom. The quantitative estimate of drug-likeness (QED) is 0.681. The molecule has 1 heterocycles. The SMILES string of the molecule is CNC(=O)c1cc(C(=O)NCCC(C)O)cn(Cc2ccccc2)c1=O. The summed E-state index contributed by atoms with van der Waals surface area (Å²) < 4.78 is 1.35. The Morgan fingerprint density at radius 1 is 1.19 bits per heavy atom. The van der Waals surface area contributed by atoms with Crippen LogP contribution in [0.1, 0.15) is 39.6 Å². The molecule has 0 aliphatic rings. The molecule has 1 aromatic carbocycles. The molecule has 7 heteroatoms. The normalized spacial score (nSPS) is 11.7. The molecule has 2 aromatic rings. The average Bonchev–Trinajstić information content (AvgIpc) is 2.63. The second-order valence-corrected chi connectivity index (χ2v) is 6.03. The summed E-state index contributed by atoms with van der Waals surface area (Å²) >= 11 is 0. The Labute approximate surface area is 151 Å². The molecule has 0 fully saturated rings. The van der Waals surface area contributed by atoms with Crippen LogP contribution in [0.25, 0.3) is 0 Å². The summed E-state index contributed by atoms with van der Waals surface area (Å²) in [4.78, 5) is 37.0. The number of aromatic nitrogens is 1. The van der Waals surface area contributed by atoms with Gasteiger partial charge in [-0.15, -0.1) is 0 Å². The minimum absolute atomic E-state index is 0.0911. The summed E-state index contributed by atoms with van der Waals surface area (Å²) in [6.45, 7) is 2.18. The molecule has 7 nitrogen and oxygen atoms in total. The molecular weight excluding hydrogens is 334 g/mol. The van der Waals surface area contributed by atoms with Gasteiger partial charge in [0.05, 0.1) is 18.2 Å². The third kappa shape index (κ3) is 5.03. The smallest absolute Gasteiger partial charge is 0.263 e. The highest BCUT2D eigenvalue weighted by atomic mass is 16.3. The number of carbonyl (C=O) groups excluding carboxylic acids is 2. The topological polar surface area (TPSA) is 100 Å². The number of carbonyl (C=O) groups is 2. The fourth-order valence-corrected chi connectivity index (χ4v) is 2.45. The van der Waals surface area contributed by atoms with Crippen LogP contribution in [-0.2, 0) is 6.54 Å². The van der Waals surface area contributed by atoms with Crippen LogP contribution in [0.4, 0.5) is 0 Å². The van der Waals surface area contributed by atoms with Crippen molar-refractivity contribution in [3.05, 3.63) is 69.6 Å². The molecule has 0 aliphatic carbocycles. The zero-order valence-electron chi connectivity index (χ0n) is 14.9. The van der Waals surface area contributed by atoms with Crippen molar-refractivity contribution >= 4 is 11.8 Å². The zero-order valence-corrected chi connectivity index (χ0v) is 14.9. The van der Waals surface area contributed by atoms with Crippen molar-refractivity contribution in [3.8, 4) is 0 Å². The Balaban J connectivity index is 2.36. The predicted octanol–water partition coefficient (Wildman–Crippen LogP) is 0.757. The summed E-state index contributed by atoms with van der Waals surface area (Å²) in [6.07, 6.45) is 1.33. The van der Waals surface area contributed by atoms with Crippen molar-refractivity contribution < 1.29 is 14.7 Å². The molecule has 2 amide bonds. The van der Waals surface area contributed by atoms with Gasteiger partial charge in [0.2, 0.25) is 0 Å². The number of aliphatic hydroxyl groups excluding tert-OH is 1. The van der Waals surface area contributed by atoms with E-state index in [1.165, 1.54) is 23.9 Å². The molecule has 0 radical (unpaired) electrons. The van der Waals surface area contributed by atoms with Crippen molar-refractivity contribution in [3.63, 3.8) is 0 Å². The lowest BCUT2D eigenvalue weighted by Gasteiger charge is -2.12. The van der Waals surface area contributed by atoms with E-state index in [0.717, 1.165) is 5.56 Å². The number of hydrogen-bond acceptors (Lipinski definition) is 4. The van der Waals surface area contributed by atoms with Gasteiger partial charge in [-0.1, -0.05) is 30.3 Å². The minimum atomic E-state index is -0.546. The van der Waals surface area contributed by atoms with E-state index in [0.29, 0.717) is 13.0 Å². The molecule has 1 unspecified atom stereocenters. The summed E-state index contributed by atoms with van der Waals surface area (Å²) in [5.41, 5.74) is 0.536. The predicted molar refractivity (Wildman–Crippen MR) is 98.3 cm³/mol. The molecule has 0 spiro atoms. The van der Waals surface area contributed by atoms with Gasteiger partial charge < -0.3 is 20.3 Å². The van der Waals surface area contributed by atoms with Crippen molar-refractivity contribution in [1.29, 1.82) is 0 Å². The van der Waals surface area contributed by atoms with Crippen molar-refractivity contribution in [2.75, 3.05) is 13.6 Å². The first-order chi connectivity index (χ1) is 12.4. The highest BCUT2D eigenvalue weighted by Gasteiger charge is 2.17. The van der Waals surface area contributed by atoms with Gasteiger partial charge in [-0.3, -0.25) is 14.4 Å². The molecule has 26 heavy (non-hydrogen) atoms. The number of aliphatic hydroxyl groups is 1. The van der Waals surface area contributed by atoms with Gasteiger partial charge >= 0.3 is 0 Å². The van der Waals surface area contributed by atoms with Crippen LogP contribution in [0.15, 0.2) is 47.4 Å². The second kappa shape index (κ2) is 8.96. The number of nitrogens with one attached hydrogen (secondary N) is 2. The van der Waals surface area contributed by atoms with E-state index in [1.807, 2.05) is 30.3 Å². The largest absolute Gasteiger partial charge is 0.393 e. The Kier molecular flexibility index (Phi) is 6.68. The van der Waals surface area contributed by atoms with Gasteiger partial charge in [-0.05, 0) is 25.0 Å².